The largest absolute Gasteiger partial charge is 0.309 e. The number of nitrogens with zero attached hydrogens (tertiary/aromatic N) is 10. The number of hydrogen-bond acceptors (Lipinski definition) is 7. The summed E-state index contributed by atoms with van der Waals surface area (Å²) in [5, 5.41) is 31.2. The summed E-state index contributed by atoms with van der Waals surface area (Å²) in [6.45, 7) is 12.1. The molecule has 11 heteroatoms. The normalized spacial score (nSPS) is 22.2. The summed E-state index contributed by atoms with van der Waals surface area (Å²) in [6, 6.07) is 4.45. The van der Waals surface area contributed by atoms with Crippen molar-refractivity contribution in [2.24, 2.45) is 13.0 Å². The van der Waals surface area contributed by atoms with Gasteiger partial charge in [0.1, 0.15) is 23.0 Å². The van der Waals surface area contributed by atoms with Crippen molar-refractivity contribution >= 4 is 0 Å². The molecular formula is C25H35N11. The van der Waals surface area contributed by atoms with E-state index in [0.717, 1.165) is 91.5 Å². The lowest BCUT2D eigenvalue weighted by atomic mass is 9.89. The first-order valence-electron chi connectivity index (χ1n) is 13.0. The second kappa shape index (κ2) is 8.95. The highest BCUT2D eigenvalue weighted by Gasteiger charge is 2.28. The van der Waals surface area contributed by atoms with Crippen LogP contribution in [0.3, 0.4) is 0 Å². The van der Waals surface area contributed by atoms with Crippen molar-refractivity contribution in [3.05, 3.63) is 35.2 Å². The predicted molar refractivity (Wildman–Crippen MR) is 135 cm³/mol. The van der Waals surface area contributed by atoms with Crippen LogP contribution in [0.25, 0.3) is 23.0 Å². The summed E-state index contributed by atoms with van der Waals surface area (Å²) in [5.74, 6) is 4.71. The van der Waals surface area contributed by atoms with Crippen molar-refractivity contribution in [2.75, 3.05) is 6.54 Å². The average molecular weight is 490 g/mol. The van der Waals surface area contributed by atoms with Crippen LogP contribution < -0.4 is 5.32 Å². The van der Waals surface area contributed by atoms with Crippen LogP contribution in [0.5, 0.6) is 0 Å². The lowest BCUT2D eigenvalue weighted by Gasteiger charge is -2.26. The smallest absolute Gasteiger partial charge is 0.182 e. The average Bonchev–Trinajstić information content (AvgIpc) is 3.58. The van der Waals surface area contributed by atoms with E-state index >= 15 is 0 Å². The predicted octanol–water partition coefficient (Wildman–Crippen LogP) is 3.02. The van der Waals surface area contributed by atoms with Gasteiger partial charge in [0, 0.05) is 39.1 Å². The van der Waals surface area contributed by atoms with Gasteiger partial charge in [-0.1, -0.05) is 6.92 Å². The highest BCUT2D eigenvalue weighted by Crippen LogP contribution is 2.33. The third kappa shape index (κ3) is 3.95. The van der Waals surface area contributed by atoms with Crippen LogP contribution in [0.1, 0.15) is 68.1 Å². The zero-order chi connectivity index (χ0) is 25.0. The molecule has 0 aromatic carbocycles. The van der Waals surface area contributed by atoms with Gasteiger partial charge in [-0.3, -0.25) is 9.36 Å². The monoisotopic (exact) mass is 489 g/mol. The van der Waals surface area contributed by atoms with Crippen molar-refractivity contribution in [3.63, 3.8) is 0 Å². The first-order valence-corrected chi connectivity index (χ1v) is 13.0. The fraction of sp³-hybridized carbons (Fsp3) is 0.600. The summed E-state index contributed by atoms with van der Waals surface area (Å²) >= 11 is 0. The number of hydrogen-bond donors (Lipinski definition) is 1. The Balaban J connectivity index is 1.25. The molecule has 3 unspecified atom stereocenters. The van der Waals surface area contributed by atoms with E-state index in [-0.39, 0.29) is 6.04 Å². The van der Waals surface area contributed by atoms with Crippen LogP contribution in [0.2, 0.25) is 0 Å². The first kappa shape index (κ1) is 23.1. The third-order valence-electron chi connectivity index (χ3n) is 7.65. The molecule has 36 heavy (non-hydrogen) atoms. The molecule has 0 fully saturated rings. The van der Waals surface area contributed by atoms with Crippen molar-refractivity contribution in [3.8, 4) is 23.0 Å². The van der Waals surface area contributed by atoms with Crippen molar-refractivity contribution in [1.82, 2.24) is 54.4 Å². The molecule has 3 atom stereocenters. The van der Waals surface area contributed by atoms with Gasteiger partial charge in [-0.2, -0.15) is 10.2 Å². The van der Waals surface area contributed by atoms with Gasteiger partial charge >= 0.3 is 0 Å². The van der Waals surface area contributed by atoms with Crippen LogP contribution in [0, 0.1) is 19.8 Å². The Morgan fingerprint density at radius 1 is 0.889 bits per heavy atom. The van der Waals surface area contributed by atoms with E-state index in [0.29, 0.717) is 11.8 Å². The van der Waals surface area contributed by atoms with Crippen molar-refractivity contribution in [2.45, 2.75) is 78.6 Å². The minimum atomic E-state index is 0.210. The quantitative estimate of drug-likeness (QED) is 0.469. The van der Waals surface area contributed by atoms with E-state index in [9.17, 15) is 0 Å². The Morgan fingerprint density at radius 2 is 1.58 bits per heavy atom. The molecule has 4 aromatic heterocycles. The molecule has 6 heterocycles. The van der Waals surface area contributed by atoms with E-state index in [2.05, 4.69) is 77.5 Å². The Labute approximate surface area is 210 Å². The number of fused-ring (bicyclic) bond motifs is 2. The lowest BCUT2D eigenvalue weighted by Crippen LogP contribution is -2.32. The van der Waals surface area contributed by atoms with Crippen molar-refractivity contribution in [1.29, 1.82) is 0 Å². The fourth-order valence-corrected chi connectivity index (χ4v) is 5.98. The maximum Gasteiger partial charge on any atom is 0.182 e. The molecule has 0 amide bonds. The first-order chi connectivity index (χ1) is 17.4. The SMILES string of the molecule is Cc1cc(-c2nnc3n2CCCC(Cn2nc(C)cc2-c2nnc4n2CCNC4C)CC3C)n(C)n1. The van der Waals surface area contributed by atoms with Crippen LogP contribution >= 0.6 is 0 Å². The Kier molecular flexibility index (Phi) is 5.74. The number of aromatic nitrogens is 10. The molecule has 4 aromatic rings. The zero-order valence-corrected chi connectivity index (χ0v) is 21.8. The van der Waals surface area contributed by atoms with Crippen LogP contribution in [-0.4, -0.2) is 55.6 Å². The van der Waals surface area contributed by atoms with Gasteiger partial charge in [-0.15, -0.1) is 20.4 Å². The van der Waals surface area contributed by atoms with E-state index in [1.54, 1.807) is 0 Å². The Hall–Kier alpha value is -3.34. The molecule has 1 N–H and O–H groups in total. The van der Waals surface area contributed by atoms with Gasteiger partial charge in [0.15, 0.2) is 11.6 Å². The maximum atomic E-state index is 4.88. The van der Waals surface area contributed by atoms with Gasteiger partial charge in [0.25, 0.3) is 0 Å². The number of rotatable bonds is 4. The molecule has 190 valence electrons. The molecule has 0 radical (unpaired) electrons. The van der Waals surface area contributed by atoms with E-state index in [1.807, 2.05) is 18.7 Å². The van der Waals surface area contributed by atoms with Crippen LogP contribution in [-0.2, 0) is 26.7 Å². The molecule has 2 aliphatic heterocycles. The third-order valence-corrected chi connectivity index (χ3v) is 7.65. The van der Waals surface area contributed by atoms with Gasteiger partial charge in [0.2, 0.25) is 0 Å². The minimum absolute atomic E-state index is 0.210. The Morgan fingerprint density at radius 3 is 2.36 bits per heavy atom. The lowest BCUT2D eigenvalue weighted by molar-refractivity contribution is 0.313. The second-order valence-corrected chi connectivity index (χ2v) is 10.5. The summed E-state index contributed by atoms with van der Waals surface area (Å²) in [7, 11) is 1.97. The Bertz CT molecular complexity index is 1390. The van der Waals surface area contributed by atoms with Gasteiger partial charge in [-0.05, 0) is 58.1 Å². The standard InChI is InChI=1S/C25H35N11/c1-15-11-19(7-6-9-34-22(15)27-29-24(34)20-12-16(2)31-33(20)5)14-36-21(13-17(3)32-36)25-30-28-23-18(4)26-8-10-35(23)25/h12-13,15,18-19,26H,6-11,14H2,1-5H3. The summed E-state index contributed by atoms with van der Waals surface area (Å²) in [4.78, 5) is 0. The highest BCUT2D eigenvalue weighted by molar-refractivity contribution is 5.52. The molecule has 0 saturated carbocycles. The van der Waals surface area contributed by atoms with Gasteiger partial charge < -0.3 is 14.5 Å². The molecule has 11 nitrogen and oxygen atoms in total. The van der Waals surface area contributed by atoms with Crippen LogP contribution in [0.4, 0.5) is 0 Å². The topological polar surface area (TPSA) is 109 Å². The fourth-order valence-electron chi connectivity index (χ4n) is 5.98. The van der Waals surface area contributed by atoms with E-state index in [1.165, 1.54) is 0 Å². The molecular weight excluding hydrogens is 454 g/mol. The highest BCUT2D eigenvalue weighted by atomic mass is 15.4. The van der Waals surface area contributed by atoms with Crippen molar-refractivity contribution < 1.29 is 0 Å². The molecule has 0 aliphatic carbocycles. The van der Waals surface area contributed by atoms with Gasteiger partial charge in [0.05, 0.1) is 17.4 Å². The summed E-state index contributed by atoms with van der Waals surface area (Å²) in [6.07, 6.45) is 3.24. The zero-order valence-electron chi connectivity index (χ0n) is 21.8. The van der Waals surface area contributed by atoms with Gasteiger partial charge in [-0.25, -0.2) is 0 Å². The molecule has 2 aliphatic rings. The van der Waals surface area contributed by atoms with E-state index in [4.69, 9.17) is 5.10 Å². The maximum absolute atomic E-state index is 4.88. The summed E-state index contributed by atoms with van der Waals surface area (Å²) < 4.78 is 8.62. The molecule has 0 spiro atoms. The minimum Gasteiger partial charge on any atom is -0.309 e. The number of aryl methyl sites for hydroxylation is 3. The molecule has 6 rings (SSSR count). The summed E-state index contributed by atoms with van der Waals surface area (Å²) in [5.41, 5.74) is 4.09. The van der Waals surface area contributed by atoms with E-state index < -0.39 is 0 Å². The molecule has 0 bridgehead atoms. The number of nitrogens with one attached hydrogen (secondary N) is 1. The van der Waals surface area contributed by atoms with Crippen LogP contribution in [0.15, 0.2) is 12.1 Å². The second-order valence-electron chi connectivity index (χ2n) is 10.5. The molecule has 0 saturated heterocycles.